The number of aliphatic hydroxyl groups is 1. The van der Waals surface area contributed by atoms with E-state index in [1.807, 2.05) is 0 Å². The SMILES string of the molecule is C[C@@](N)(CO)c1cc(N)ccn1. The summed E-state index contributed by atoms with van der Waals surface area (Å²) < 4.78 is 0. The average molecular weight is 167 g/mol. The second-order valence-electron chi connectivity index (χ2n) is 3.05. The predicted octanol–water partition coefficient (Wildman–Crippen LogP) is -0.170. The number of pyridine rings is 1. The second kappa shape index (κ2) is 3.08. The van der Waals surface area contributed by atoms with Crippen LogP contribution in [0.4, 0.5) is 5.69 Å². The first kappa shape index (κ1) is 8.96. The highest BCUT2D eigenvalue weighted by molar-refractivity contribution is 5.39. The third kappa shape index (κ3) is 1.72. The molecule has 0 bridgehead atoms. The van der Waals surface area contributed by atoms with E-state index in [1.54, 1.807) is 25.3 Å². The fourth-order valence-corrected chi connectivity index (χ4v) is 0.840. The second-order valence-corrected chi connectivity index (χ2v) is 3.05. The van der Waals surface area contributed by atoms with Gasteiger partial charge in [0.15, 0.2) is 0 Å². The lowest BCUT2D eigenvalue weighted by molar-refractivity contribution is 0.207. The summed E-state index contributed by atoms with van der Waals surface area (Å²) >= 11 is 0. The Morgan fingerprint density at radius 1 is 1.67 bits per heavy atom. The molecule has 0 saturated heterocycles. The molecule has 0 saturated carbocycles. The monoisotopic (exact) mass is 167 g/mol. The van der Waals surface area contributed by atoms with Crippen LogP contribution in [0.25, 0.3) is 0 Å². The Morgan fingerprint density at radius 3 is 2.83 bits per heavy atom. The lowest BCUT2D eigenvalue weighted by Gasteiger charge is -2.20. The van der Waals surface area contributed by atoms with Gasteiger partial charge in [-0.25, -0.2) is 0 Å². The van der Waals surface area contributed by atoms with Crippen LogP contribution >= 0.6 is 0 Å². The van der Waals surface area contributed by atoms with Crippen LogP contribution in [-0.2, 0) is 5.54 Å². The molecule has 0 aliphatic carbocycles. The maximum atomic E-state index is 8.93. The quantitative estimate of drug-likeness (QED) is 0.571. The van der Waals surface area contributed by atoms with E-state index in [0.29, 0.717) is 11.4 Å². The largest absolute Gasteiger partial charge is 0.399 e. The molecule has 1 atom stereocenters. The van der Waals surface area contributed by atoms with Crippen LogP contribution < -0.4 is 11.5 Å². The maximum absolute atomic E-state index is 8.93. The molecule has 0 aliphatic heterocycles. The highest BCUT2D eigenvalue weighted by Crippen LogP contribution is 2.15. The normalized spacial score (nSPS) is 15.6. The molecule has 5 N–H and O–H groups in total. The van der Waals surface area contributed by atoms with Crippen molar-refractivity contribution in [1.82, 2.24) is 4.98 Å². The minimum Gasteiger partial charge on any atom is -0.399 e. The summed E-state index contributed by atoms with van der Waals surface area (Å²) in [7, 11) is 0. The van der Waals surface area contributed by atoms with Crippen molar-refractivity contribution in [3.63, 3.8) is 0 Å². The summed E-state index contributed by atoms with van der Waals surface area (Å²) in [4.78, 5) is 4.02. The van der Waals surface area contributed by atoms with Crippen molar-refractivity contribution in [2.75, 3.05) is 12.3 Å². The Hall–Kier alpha value is -1.13. The molecule has 1 aromatic heterocycles. The highest BCUT2D eigenvalue weighted by atomic mass is 16.3. The van der Waals surface area contributed by atoms with Gasteiger partial charge < -0.3 is 16.6 Å². The third-order valence-electron chi connectivity index (χ3n) is 1.70. The van der Waals surface area contributed by atoms with Crippen LogP contribution in [0.3, 0.4) is 0 Å². The van der Waals surface area contributed by atoms with Crippen molar-refractivity contribution in [3.8, 4) is 0 Å². The van der Waals surface area contributed by atoms with E-state index >= 15 is 0 Å². The van der Waals surface area contributed by atoms with Gasteiger partial charge in [0, 0.05) is 11.9 Å². The molecule has 1 heterocycles. The minimum absolute atomic E-state index is 0.149. The maximum Gasteiger partial charge on any atom is 0.0789 e. The fraction of sp³-hybridized carbons (Fsp3) is 0.375. The summed E-state index contributed by atoms with van der Waals surface area (Å²) in [6.07, 6.45) is 1.57. The molecular weight excluding hydrogens is 154 g/mol. The van der Waals surface area contributed by atoms with Gasteiger partial charge in [-0.05, 0) is 19.1 Å². The van der Waals surface area contributed by atoms with Crippen LogP contribution in [0.2, 0.25) is 0 Å². The summed E-state index contributed by atoms with van der Waals surface area (Å²) in [5.41, 5.74) is 11.7. The van der Waals surface area contributed by atoms with E-state index in [1.165, 1.54) is 0 Å². The molecule has 66 valence electrons. The van der Waals surface area contributed by atoms with Crippen molar-refractivity contribution in [2.45, 2.75) is 12.5 Å². The number of hydrogen-bond donors (Lipinski definition) is 3. The van der Waals surface area contributed by atoms with E-state index in [9.17, 15) is 0 Å². The van der Waals surface area contributed by atoms with Crippen LogP contribution in [0.1, 0.15) is 12.6 Å². The van der Waals surface area contributed by atoms with Crippen LogP contribution in [0, 0.1) is 0 Å². The first-order valence-corrected chi connectivity index (χ1v) is 3.68. The molecule has 0 aliphatic rings. The fourth-order valence-electron chi connectivity index (χ4n) is 0.840. The van der Waals surface area contributed by atoms with E-state index in [-0.39, 0.29) is 6.61 Å². The van der Waals surface area contributed by atoms with Gasteiger partial charge in [0.25, 0.3) is 0 Å². The van der Waals surface area contributed by atoms with Crippen LogP contribution in [-0.4, -0.2) is 16.7 Å². The molecule has 0 aromatic carbocycles. The van der Waals surface area contributed by atoms with Crippen LogP contribution in [0.15, 0.2) is 18.3 Å². The zero-order chi connectivity index (χ0) is 9.19. The Bertz CT molecular complexity index is 273. The standard InChI is InChI=1S/C8H13N3O/c1-8(10,5-12)7-4-6(9)2-3-11-7/h2-4,12H,5,10H2,1H3,(H2,9,11)/t8-/m1/s1. The number of nitrogen functional groups attached to an aromatic ring is 1. The number of nitrogens with zero attached hydrogens (tertiary/aromatic N) is 1. The summed E-state index contributed by atoms with van der Waals surface area (Å²) in [6, 6.07) is 3.34. The van der Waals surface area contributed by atoms with Gasteiger partial charge in [-0.2, -0.15) is 0 Å². The Kier molecular flexibility index (Phi) is 2.30. The van der Waals surface area contributed by atoms with Gasteiger partial charge in [-0.1, -0.05) is 0 Å². The Morgan fingerprint density at radius 2 is 2.33 bits per heavy atom. The molecule has 0 radical (unpaired) electrons. The van der Waals surface area contributed by atoms with Gasteiger partial charge in [0.05, 0.1) is 17.8 Å². The zero-order valence-electron chi connectivity index (χ0n) is 6.99. The summed E-state index contributed by atoms with van der Waals surface area (Å²) in [6.45, 7) is 1.55. The predicted molar refractivity (Wildman–Crippen MR) is 47.3 cm³/mol. The smallest absolute Gasteiger partial charge is 0.0789 e. The first-order chi connectivity index (χ1) is 5.56. The van der Waals surface area contributed by atoms with E-state index in [4.69, 9.17) is 16.6 Å². The lowest BCUT2D eigenvalue weighted by atomic mass is 10.00. The molecule has 1 rings (SSSR count). The molecular formula is C8H13N3O. The van der Waals surface area contributed by atoms with Gasteiger partial charge in [-0.15, -0.1) is 0 Å². The van der Waals surface area contributed by atoms with Crippen LogP contribution in [0.5, 0.6) is 0 Å². The van der Waals surface area contributed by atoms with Gasteiger partial charge in [-0.3, -0.25) is 4.98 Å². The van der Waals surface area contributed by atoms with E-state index < -0.39 is 5.54 Å². The average Bonchev–Trinajstić information content (AvgIpc) is 2.05. The topological polar surface area (TPSA) is 85.2 Å². The Labute approximate surface area is 71.2 Å². The molecule has 0 fully saturated rings. The number of aliphatic hydroxyl groups excluding tert-OH is 1. The minimum atomic E-state index is -0.810. The summed E-state index contributed by atoms with van der Waals surface area (Å²) in [5, 5.41) is 8.93. The molecule has 0 amide bonds. The van der Waals surface area contributed by atoms with Crippen molar-refractivity contribution in [3.05, 3.63) is 24.0 Å². The number of rotatable bonds is 2. The summed E-state index contributed by atoms with van der Waals surface area (Å²) in [5.74, 6) is 0. The van der Waals surface area contributed by atoms with Gasteiger partial charge in [0.1, 0.15) is 0 Å². The lowest BCUT2D eigenvalue weighted by Crippen LogP contribution is -2.37. The van der Waals surface area contributed by atoms with E-state index in [2.05, 4.69) is 4.98 Å². The number of nitrogens with two attached hydrogens (primary N) is 2. The van der Waals surface area contributed by atoms with Gasteiger partial charge >= 0.3 is 0 Å². The molecule has 0 unspecified atom stereocenters. The molecule has 0 spiro atoms. The molecule has 12 heavy (non-hydrogen) atoms. The number of anilines is 1. The van der Waals surface area contributed by atoms with E-state index in [0.717, 1.165) is 0 Å². The van der Waals surface area contributed by atoms with Crippen molar-refractivity contribution >= 4 is 5.69 Å². The van der Waals surface area contributed by atoms with Crippen molar-refractivity contribution in [2.24, 2.45) is 5.73 Å². The Balaban J connectivity index is 3.03. The zero-order valence-corrected chi connectivity index (χ0v) is 6.99. The van der Waals surface area contributed by atoms with Crippen molar-refractivity contribution in [1.29, 1.82) is 0 Å². The first-order valence-electron chi connectivity index (χ1n) is 3.68. The van der Waals surface area contributed by atoms with Gasteiger partial charge in [0.2, 0.25) is 0 Å². The molecule has 4 heteroatoms. The van der Waals surface area contributed by atoms with Crippen molar-refractivity contribution < 1.29 is 5.11 Å². The molecule has 4 nitrogen and oxygen atoms in total. The molecule has 1 aromatic rings. The third-order valence-corrected chi connectivity index (χ3v) is 1.70. The highest BCUT2D eigenvalue weighted by Gasteiger charge is 2.21. The number of aromatic nitrogens is 1. The number of hydrogen-bond acceptors (Lipinski definition) is 4.